The Labute approximate surface area is 195 Å². The molecular formula is C26H35N5O2. The zero-order valence-electron chi connectivity index (χ0n) is 19.5. The van der Waals surface area contributed by atoms with E-state index in [1.807, 2.05) is 23.1 Å². The highest BCUT2D eigenvalue weighted by molar-refractivity contribution is 5.81. The van der Waals surface area contributed by atoms with E-state index >= 15 is 0 Å². The van der Waals surface area contributed by atoms with Crippen LogP contribution in [-0.2, 0) is 17.9 Å². The summed E-state index contributed by atoms with van der Waals surface area (Å²) in [6, 6.07) is 13.7. The maximum absolute atomic E-state index is 12.7. The Kier molecular flexibility index (Phi) is 7.81. The molecule has 1 amide bonds. The molecule has 2 N–H and O–H groups in total. The molecule has 33 heavy (non-hydrogen) atoms. The molecular weight excluding hydrogens is 414 g/mol. The fourth-order valence-electron chi connectivity index (χ4n) is 4.73. The highest BCUT2D eigenvalue weighted by Crippen LogP contribution is 2.27. The van der Waals surface area contributed by atoms with E-state index in [4.69, 9.17) is 4.99 Å². The van der Waals surface area contributed by atoms with Crippen LogP contribution in [0.15, 0.2) is 58.4 Å². The molecule has 176 valence electrons. The number of amides is 1. The van der Waals surface area contributed by atoms with Gasteiger partial charge in [-0.15, -0.1) is 0 Å². The van der Waals surface area contributed by atoms with Crippen LogP contribution in [0.4, 0.5) is 0 Å². The van der Waals surface area contributed by atoms with Gasteiger partial charge in [-0.3, -0.25) is 9.59 Å². The SMILES string of the molecule is CCNC(=NCc1ccc(Cn2ccccc2=O)cc1)NC1CCN(C(=O)C2CCCC2)C1. The zero-order chi connectivity index (χ0) is 23.0. The van der Waals surface area contributed by atoms with Crippen molar-refractivity contribution < 1.29 is 4.79 Å². The second-order valence-electron chi connectivity index (χ2n) is 9.07. The minimum Gasteiger partial charge on any atom is -0.357 e. The molecule has 2 fully saturated rings. The number of nitrogens with zero attached hydrogens (tertiary/aromatic N) is 3. The van der Waals surface area contributed by atoms with Gasteiger partial charge in [0.25, 0.3) is 5.56 Å². The fourth-order valence-corrected chi connectivity index (χ4v) is 4.73. The first-order chi connectivity index (χ1) is 16.1. The number of carbonyl (C=O) groups excluding carboxylic acids is 1. The zero-order valence-corrected chi connectivity index (χ0v) is 19.5. The van der Waals surface area contributed by atoms with Crippen LogP contribution in [-0.4, -0.2) is 47.0 Å². The molecule has 2 aliphatic rings. The number of aliphatic imine (C=N–C) groups is 1. The lowest BCUT2D eigenvalue weighted by molar-refractivity contribution is -0.134. The summed E-state index contributed by atoms with van der Waals surface area (Å²) in [6.07, 6.45) is 7.25. The van der Waals surface area contributed by atoms with Crippen LogP contribution >= 0.6 is 0 Å². The molecule has 2 aromatic rings. The second-order valence-corrected chi connectivity index (χ2v) is 9.07. The third kappa shape index (κ3) is 6.24. The predicted molar refractivity (Wildman–Crippen MR) is 131 cm³/mol. The molecule has 2 heterocycles. The van der Waals surface area contributed by atoms with Gasteiger partial charge in [0.2, 0.25) is 5.91 Å². The molecule has 7 nitrogen and oxygen atoms in total. The van der Waals surface area contributed by atoms with Crippen molar-refractivity contribution in [2.45, 2.75) is 58.2 Å². The van der Waals surface area contributed by atoms with Gasteiger partial charge in [0.1, 0.15) is 0 Å². The molecule has 0 spiro atoms. The fraction of sp³-hybridized carbons (Fsp3) is 0.500. The van der Waals surface area contributed by atoms with Crippen LogP contribution in [0, 0.1) is 5.92 Å². The van der Waals surface area contributed by atoms with Gasteiger partial charge in [0.15, 0.2) is 5.96 Å². The molecule has 1 aromatic carbocycles. The summed E-state index contributed by atoms with van der Waals surface area (Å²) in [5, 5.41) is 6.85. The number of guanidine groups is 1. The Morgan fingerprint density at radius 3 is 2.55 bits per heavy atom. The van der Waals surface area contributed by atoms with E-state index in [-0.39, 0.29) is 17.5 Å². The van der Waals surface area contributed by atoms with Gasteiger partial charge in [-0.2, -0.15) is 0 Å². The van der Waals surface area contributed by atoms with Gasteiger partial charge in [-0.25, -0.2) is 4.99 Å². The lowest BCUT2D eigenvalue weighted by atomic mass is 10.1. The van der Waals surface area contributed by atoms with Crippen molar-refractivity contribution in [3.8, 4) is 0 Å². The molecule has 1 saturated carbocycles. The number of hydrogen-bond donors (Lipinski definition) is 2. The van der Waals surface area contributed by atoms with Crippen molar-refractivity contribution in [1.82, 2.24) is 20.1 Å². The number of hydrogen-bond acceptors (Lipinski definition) is 3. The van der Waals surface area contributed by atoms with Crippen molar-refractivity contribution in [3.63, 3.8) is 0 Å². The third-order valence-electron chi connectivity index (χ3n) is 6.58. The molecule has 1 saturated heterocycles. The molecule has 1 aromatic heterocycles. The standard InChI is InChI=1S/C26H35N5O2/c1-2-27-26(29-23-14-16-31(19-23)25(33)22-7-3-4-8-22)28-17-20-10-12-21(13-11-20)18-30-15-6-5-9-24(30)32/h5-6,9-13,15,22-23H,2-4,7-8,14,16-19H2,1H3,(H2,27,28,29). The minimum absolute atomic E-state index is 0.00273. The van der Waals surface area contributed by atoms with E-state index in [1.165, 1.54) is 12.8 Å². The van der Waals surface area contributed by atoms with Gasteiger partial charge in [-0.05, 0) is 43.4 Å². The molecule has 1 aliphatic heterocycles. The number of rotatable bonds is 7. The number of nitrogens with one attached hydrogen (secondary N) is 2. The van der Waals surface area contributed by atoms with E-state index in [1.54, 1.807) is 22.9 Å². The summed E-state index contributed by atoms with van der Waals surface area (Å²) in [5.41, 5.74) is 2.20. The topological polar surface area (TPSA) is 78.7 Å². The smallest absolute Gasteiger partial charge is 0.250 e. The van der Waals surface area contributed by atoms with Gasteiger partial charge >= 0.3 is 0 Å². The average molecular weight is 450 g/mol. The number of pyridine rings is 1. The lowest BCUT2D eigenvalue weighted by Gasteiger charge is -2.21. The number of aromatic nitrogens is 1. The average Bonchev–Trinajstić information content (AvgIpc) is 3.52. The summed E-state index contributed by atoms with van der Waals surface area (Å²) in [5.74, 6) is 1.38. The van der Waals surface area contributed by atoms with Crippen LogP contribution in [0.3, 0.4) is 0 Å². The summed E-state index contributed by atoms with van der Waals surface area (Å²) in [4.78, 5) is 31.4. The Balaban J connectivity index is 1.31. The Hall–Kier alpha value is -3.09. The molecule has 1 atom stereocenters. The van der Waals surface area contributed by atoms with E-state index in [0.29, 0.717) is 19.0 Å². The van der Waals surface area contributed by atoms with E-state index in [0.717, 1.165) is 56.0 Å². The first-order valence-electron chi connectivity index (χ1n) is 12.2. The molecule has 0 bridgehead atoms. The second kappa shape index (κ2) is 11.2. The van der Waals surface area contributed by atoms with Gasteiger partial charge in [-0.1, -0.05) is 43.2 Å². The van der Waals surface area contributed by atoms with Crippen molar-refractivity contribution in [1.29, 1.82) is 0 Å². The summed E-state index contributed by atoms with van der Waals surface area (Å²) in [6.45, 7) is 5.56. The van der Waals surface area contributed by atoms with E-state index in [2.05, 4.69) is 29.7 Å². The van der Waals surface area contributed by atoms with Crippen LogP contribution in [0.5, 0.6) is 0 Å². The Bertz CT molecular complexity index is 1010. The summed E-state index contributed by atoms with van der Waals surface area (Å²) in [7, 11) is 0. The van der Waals surface area contributed by atoms with Gasteiger partial charge in [0, 0.05) is 43.9 Å². The maximum atomic E-state index is 12.7. The number of carbonyl (C=O) groups is 1. The van der Waals surface area contributed by atoms with Crippen molar-refractivity contribution in [2.75, 3.05) is 19.6 Å². The lowest BCUT2D eigenvalue weighted by Crippen LogP contribution is -2.45. The normalized spacial score (nSPS) is 19.1. The largest absolute Gasteiger partial charge is 0.357 e. The highest BCUT2D eigenvalue weighted by atomic mass is 16.2. The van der Waals surface area contributed by atoms with Crippen molar-refractivity contribution in [3.05, 3.63) is 70.1 Å². The van der Waals surface area contributed by atoms with Crippen molar-refractivity contribution >= 4 is 11.9 Å². The number of benzene rings is 1. The molecule has 1 aliphatic carbocycles. The molecule has 1 unspecified atom stereocenters. The van der Waals surface area contributed by atoms with Crippen LogP contribution < -0.4 is 16.2 Å². The van der Waals surface area contributed by atoms with Crippen LogP contribution in [0.25, 0.3) is 0 Å². The monoisotopic (exact) mass is 449 g/mol. The Morgan fingerprint density at radius 1 is 1.06 bits per heavy atom. The molecule has 4 rings (SSSR count). The van der Waals surface area contributed by atoms with E-state index in [9.17, 15) is 9.59 Å². The van der Waals surface area contributed by atoms with Gasteiger partial charge < -0.3 is 20.1 Å². The quantitative estimate of drug-likeness (QED) is 0.503. The molecule has 7 heteroatoms. The third-order valence-corrected chi connectivity index (χ3v) is 6.58. The predicted octanol–water partition coefficient (Wildman–Crippen LogP) is 2.74. The van der Waals surface area contributed by atoms with Gasteiger partial charge in [0.05, 0.1) is 13.1 Å². The first kappa shape index (κ1) is 23.1. The number of likely N-dealkylation sites (tertiary alicyclic amines) is 1. The maximum Gasteiger partial charge on any atom is 0.250 e. The van der Waals surface area contributed by atoms with Crippen LogP contribution in [0.1, 0.15) is 50.2 Å². The first-order valence-corrected chi connectivity index (χ1v) is 12.2. The Morgan fingerprint density at radius 2 is 1.82 bits per heavy atom. The van der Waals surface area contributed by atoms with Crippen molar-refractivity contribution in [2.24, 2.45) is 10.9 Å². The van der Waals surface area contributed by atoms with Crippen LogP contribution in [0.2, 0.25) is 0 Å². The summed E-state index contributed by atoms with van der Waals surface area (Å²) >= 11 is 0. The highest BCUT2D eigenvalue weighted by Gasteiger charge is 2.32. The minimum atomic E-state index is 0.00273. The molecule has 0 radical (unpaired) electrons. The summed E-state index contributed by atoms with van der Waals surface area (Å²) < 4.78 is 1.70. The van der Waals surface area contributed by atoms with E-state index < -0.39 is 0 Å².